The van der Waals surface area contributed by atoms with Gasteiger partial charge in [0.2, 0.25) is 0 Å². The molecule has 1 aromatic heterocycles. The fourth-order valence-corrected chi connectivity index (χ4v) is 2.75. The van der Waals surface area contributed by atoms with E-state index in [1.165, 1.54) is 0 Å². The van der Waals surface area contributed by atoms with Crippen LogP contribution in [0.15, 0.2) is 33.3 Å². The molecule has 1 N–H and O–H groups in total. The lowest BCUT2D eigenvalue weighted by Gasteiger charge is -2.19. The molecular weight excluding hydrogens is 372 g/mol. The maximum Gasteiger partial charge on any atom is 0.0969 e. The summed E-state index contributed by atoms with van der Waals surface area (Å²) < 4.78 is 3.77. The Kier molecular flexibility index (Phi) is 4.43. The molecule has 4 nitrogen and oxygen atoms in total. The van der Waals surface area contributed by atoms with Gasteiger partial charge in [0.15, 0.2) is 0 Å². The Morgan fingerprint density at radius 3 is 2.63 bits per heavy atom. The lowest BCUT2D eigenvalue weighted by atomic mass is 10.1. The number of hydrogen-bond acceptors (Lipinski definition) is 3. The van der Waals surface area contributed by atoms with Crippen molar-refractivity contribution in [1.82, 2.24) is 20.3 Å². The molecule has 0 amide bonds. The first-order valence-corrected chi connectivity index (χ1v) is 7.55. The fraction of sp³-hybridized carbons (Fsp3) is 0.385. The summed E-state index contributed by atoms with van der Waals surface area (Å²) in [5.41, 5.74) is 1.96. The maximum atomic E-state index is 4.18. The van der Waals surface area contributed by atoms with Gasteiger partial charge in [0.1, 0.15) is 0 Å². The molecule has 0 unspecified atom stereocenters. The standard InChI is InChI=1S/C13H16Br2N4/c1-13(2,3)16-7-10-8-19(18-17-10)12-5-4-9(14)6-11(12)15/h4-6,8,16H,7H2,1-3H3. The molecular formula is C13H16Br2N4. The summed E-state index contributed by atoms with van der Waals surface area (Å²) in [6.07, 6.45) is 1.94. The van der Waals surface area contributed by atoms with Crippen LogP contribution in [0, 0.1) is 0 Å². The molecule has 0 saturated carbocycles. The highest BCUT2D eigenvalue weighted by Crippen LogP contribution is 2.24. The van der Waals surface area contributed by atoms with E-state index in [9.17, 15) is 0 Å². The molecule has 0 bridgehead atoms. The van der Waals surface area contributed by atoms with Gasteiger partial charge in [-0.1, -0.05) is 21.1 Å². The van der Waals surface area contributed by atoms with Gasteiger partial charge in [-0.2, -0.15) is 0 Å². The minimum atomic E-state index is 0.0714. The zero-order valence-corrected chi connectivity index (χ0v) is 14.3. The smallest absolute Gasteiger partial charge is 0.0969 e. The van der Waals surface area contributed by atoms with E-state index in [0.717, 1.165) is 20.3 Å². The van der Waals surface area contributed by atoms with E-state index in [1.807, 2.05) is 24.4 Å². The van der Waals surface area contributed by atoms with E-state index in [1.54, 1.807) is 4.68 Å². The van der Waals surface area contributed by atoms with Gasteiger partial charge in [-0.05, 0) is 54.9 Å². The van der Waals surface area contributed by atoms with Gasteiger partial charge in [0, 0.05) is 21.0 Å². The van der Waals surface area contributed by atoms with Crippen molar-refractivity contribution in [2.75, 3.05) is 0 Å². The number of halogens is 2. The lowest BCUT2D eigenvalue weighted by molar-refractivity contribution is 0.421. The summed E-state index contributed by atoms with van der Waals surface area (Å²) in [4.78, 5) is 0. The van der Waals surface area contributed by atoms with E-state index >= 15 is 0 Å². The highest BCUT2D eigenvalue weighted by Gasteiger charge is 2.11. The first-order chi connectivity index (χ1) is 8.85. The Labute approximate surface area is 129 Å². The minimum absolute atomic E-state index is 0.0714. The topological polar surface area (TPSA) is 42.7 Å². The molecule has 2 aromatic rings. The molecule has 1 heterocycles. The van der Waals surface area contributed by atoms with E-state index < -0.39 is 0 Å². The summed E-state index contributed by atoms with van der Waals surface area (Å²) in [5.74, 6) is 0. The van der Waals surface area contributed by atoms with Crippen molar-refractivity contribution < 1.29 is 0 Å². The van der Waals surface area contributed by atoms with Gasteiger partial charge < -0.3 is 5.32 Å². The second-order valence-corrected chi connectivity index (χ2v) is 7.12. The highest BCUT2D eigenvalue weighted by molar-refractivity contribution is 9.11. The quantitative estimate of drug-likeness (QED) is 0.873. The summed E-state index contributed by atoms with van der Waals surface area (Å²) in [6.45, 7) is 7.09. The third-order valence-electron chi connectivity index (χ3n) is 2.50. The Balaban J connectivity index is 2.16. The minimum Gasteiger partial charge on any atom is -0.306 e. The van der Waals surface area contributed by atoms with Gasteiger partial charge in [0.05, 0.1) is 17.6 Å². The molecule has 19 heavy (non-hydrogen) atoms. The van der Waals surface area contributed by atoms with Crippen LogP contribution < -0.4 is 5.32 Å². The van der Waals surface area contributed by atoms with Crippen LogP contribution in [-0.4, -0.2) is 20.5 Å². The van der Waals surface area contributed by atoms with E-state index in [4.69, 9.17) is 0 Å². The number of nitrogens with zero attached hydrogens (tertiary/aromatic N) is 3. The molecule has 1 aromatic carbocycles. The van der Waals surface area contributed by atoms with Gasteiger partial charge >= 0.3 is 0 Å². The van der Waals surface area contributed by atoms with Crippen molar-refractivity contribution in [3.63, 3.8) is 0 Å². The molecule has 0 radical (unpaired) electrons. The van der Waals surface area contributed by atoms with Crippen LogP contribution in [0.5, 0.6) is 0 Å². The van der Waals surface area contributed by atoms with Gasteiger partial charge in [-0.3, -0.25) is 0 Å². The molecule has 102 valence electrons. The van der Waals surface area contributed by atoms with Crippen molar-refractivity contribution >= 4 is 31.9 Å². The monoisotopic (exact) mass is 386 g/mol. The summed E-state index contributed by atoms with van der Waals surface area (Å²) in [7, 11) is 0. The lowest BCUT2D eigenvalue weighted by Crippen LogP contribution is -2.35. The average molecular weight is 388 g/mol. The molecule has 0 spiro atoms. The maximum absolute atomic E-state index is 4.18. The Morgan fingerprint density at radius 1 is 1.26 bits per heavy atom. The van der Waals surface area contributed by atoms with Crippen LogP contribution in [0.25, 0.3) is 5.69 Å². The predicted octanol–water partition coefficient (Wildman–Crippen LogP) is 3.68. The van der Waals surface area contributed by atoms with Crippen LogP contribution in [0.3, 0.4) is 0 Å². The van der Waals surface area contributed by atoms with Crippen LogP contribution in [0.2, 0.25) is 0 Å². The van der Waals surface area contributed by atoms with Crippen LogP contribution in [0.1, 0.15) is 26.5 Å². The first-order valence-electron chi connectivity index (χ1n) is 5.97. The Bertz CT molecular complexity index is 572. The van der Waals surface area contributed by atoms with Crippen molar-refractivity contribution in [3.8, 4) is 5.69 Å². The largest absolute Gasteiger partial charge is 0.306 e. The fourth-order valence-electron chi connectivity index (χ4n) is 1.52. The van der Waals surface area contributed by atoms with E-state index in [-0.39, 0.29) is 5.54 Å². The Morgan fingerprint density at radius 2 is 2.00 bits per heavy atom. The SMILES string of the molecule is CC(C)(C)NCc1cn(-c2ccc(Br)cc2Br)nn1. The van der Waals surface area contributed by atoms with E-state index in [2.05, 4.69) is 68.3 Å². The third kappa shape index (κ3) is 4.12. The average Bonchev–Trinajstić information content (AvgIpc) is 2.74. The third-order valence-corrected chi connectivity index (χ3v) is 3.63. The van der Waals surface area contributed by atoms with Crippen molar-refractivity contribution in [3.05, 3.63) is 39.0 Å². The second-order valence-electron chi connectivity index (χ2n) is 5.35. The number of rotatable bonds is 3. The van der Waals surface area contributed by atoms with Gasteiger partial charge in [0.25, 0.3) is 0 Å². The summed E-state index contributed by atoms with van der Waals surface area (Å²) in [6, 6.07) is 5.96. The zero-order chi connectivity index (χ0) is 14.0. The number of aromatic nitrogens is 3. The molecule has 0 fully saturated rings. The summed E-state index contributed by atoms with van der Waals surface area (Å²) in [5, 5.41) is 11.7. The van der Waals surface area contributed by atoms with Crippen molar-refractivity contribution in [1.29, 1.82) is 0 Å². The van der Waals surface area contributed by atoms with Gasteiger partial charge in [-0.25, -0.2) is 4.68 Å². The van der Waals surface area contributed by atoms with Crippen molar-refractivity contribution in [2.24, 2.45) is 0 Å². The second kappa shape index (κ2) is 5.73. The number of nitrogens with one attached hydrogen (secondary N) is 1. The molecule has 0 atom stereocenters. The number of hydrogen-bond donors (Lipinski definition) is 1. The van der Waals surface area contributed by atoms with Crippen molar-refractivity contribution in [2.45, 2.75) is 32.9 Å². The van der Waals surface area contributed by atoms with E-state index in [0.29, 0.717) is 6.54 Å². The molecule has 6 heteroatoms. The molecule has 0 aliphatic rings. The van der Waals surface area contributed by atoms with Crippen LogP contribution in [0.4, 0.5) is 0 Å². The number of benzene rings is 1. The highest BCUT2D eigenvalue weighted by atomic mass is 79.9. The normalized spacial score (nSPS) is 11.8. The molecule has 0 aliphatic carbocycles. The van der Waals surface area contributed by atoms with Crippen LogP contribution >= 0.6 is 31.9 Å². The predicted molar refractivity (Wildman–Crippen MR) is 83.4 cm³/mol. The summed E-state index contributed by atoms with van der Waals surface area (Å²) >= 11 is 6.97. The zero-order valence-electron chi connectivity index (χ0n) is 11.1. The Hall–Kier alpha value is -0.720. The molecule has 2 rings (SSSR count). The van der Waals surface area contributed by atoms with Crippen LogP contribution in [-0.2, 0) is 6.54 Å². The molecule has 0 saturated heterocycles. The first kappa shape index (κ1) is 14.7. The molecule has 0 aliphatic heterocycles. The van der Waals surface area contributed by atoms with Gasteiger partial charge in [-0.15, -0.1) is 5.10 Å².